The Morgan fingerprint density at radius 2 is 1.79 bits per heavy atom. The number of benzene rings is 2. The van der Waals surface area contributed by atoms with E-state index >= 15 is 0 Å². The third-order valence-corrected chi connectivity index (χ3v) is 8.84. The maximum Gasteiger partial charge on any atom is 0.329 e. The van der Waals surface area contributed by atoms with Crippen molar-refractivity contribution in [3.8, 4) is 0 Å². The highest BCUT2D eigenvalue weighted by molar-refractivity contribution is 7.99. The minimum absolute atomic E-state index is 0.0518. The normalized spacial score (nSPS) is 11.8. The predicted molar refractivity (Wildman–Crippen MR) is 148 cm³/mol. The van der Waals surface area contributed by atoms with E-state index in [0.29, 0.717) is 18.7 Å². The molecule has 9 nitrogen and oxygen atoms in total. The number of aryl methyl sites for hydroxylation is 2. The first kappa shape index (κ1) is 25.8. The number of pyridine rings is 1. The third kappa shape index (κ3) is 4.99. The summed E-state index contributed by atoms with van der Waals surface area (Å²) < 4.78 is 32.3. The molecule has 0 aliphatic rings. The number of imidazole rings is 2. The summed E-state index contributed by atoms with van der Waals surface area (Å²) in [6, 6.07) is 19.4. The number of nitrogens with zero attached hydrogens (tertiary/aromatic N) is 4. The summed E-state index contributed by atoms with van der Waals surface area (Å²) in [5.41, 5.74) is 4.31. The Kier molecular flexibility index (Phi) is 7.13. The molecule has 0 aliphatic carbocycles. The maximum absolute atomic E-state index is 13.2. The van der Waals surface area contributed by atoms with Gasteiger partial charge in [0, 0.05) is 25.4 Å². The highest BCUT2D eigenvalue weighted by Gasteiger charge is 2.19. The van der Waals surface area contributed by atoms with Crippen molar-refractivity contribution in [2.75, 3.05) is 5.75 Å². The van der Waals surface area contributed by atoms with E-state index in [0.717, 1.165) is 33.0 Å². The summed E-state index contributed by atoms with van der Waals surface area (Å²) in [6.07, 6.45) is 2.44. The number of rotatable bonds is 9. The quantitative estimate of drug-likeness (QED) is 0.222. The van der Waals surface area contributed by atoms with Gasteiger partial charge in [-0.15, -0.1) is 11.8 Å². The zero-order valence-corrected chi connectivity index (χ0v) is 22.6. The number of hydrogen-bond donors (Lipinski definition) is 1. The van der Waals surface area contributed by atoms with Crippen LogP contribution in [0.2, 0.25) is 0 Å². The average molecular weight is 550 g/mol. The van der Waals surface area contributed by atoms with Crippen LogP contribution in [0, 0.1) is 6.92 Å². The molecule has 5 aromatic rings. The molecule has 0 spiro atoms. The zero-order chi connectivity index (χ0) is 26.9. The number of hydrogen-bond acceptors (Lipinski definition) is 6. The van der Waals surface area contributed by atoms with Crippen LogP contribution in [-0.2, 0) is 28.4 Å². The molecule has 3 heterocycles. The number of aromatic nitrogens is 4. The molecule has 1 N–H and O–H groups in total. The van der Waals surface area contributed by atoms with Gasteiger partial charge in [0.2, 0.25) is 5.91 Å². The smallest absolute Gasteiger partial charge is 0.301 e. The van der Waals surface area contributed by atoms with Crippen LogP contribution < -0.4 is 10.4 Å². The highest BCUT2D eigenvalue weighted by atomic mass is 32.2. The van der Waals surface area contributed by atoms with E-state index in [1.165, 1.54) is 23.9 Å². The van der Waals surface area contributed by atoms with Gasteiger partial charge in [0.15, 0.2) is 0 Å². The lowest BCUT2D eigenvalue weighted by Gasteiger charge is -2.09. The molecule has 0 bridgehead atoms. The van der Waals surface area contributed by atoms with Gasteiger partial charge in [-0.1, -0.05) is 36.4 Å². The first-order chi connectivity index (χ1) is 18.3. The minimum Gasteiger partial charge on any atom is -0.301 e. The van der Waals surface area contributed by atoms with Crippen LogP contribution in [0.3, 0.4) is 0 Å². The number of carbonyl (C=O) groups excluding carboxylic acids is 1. The third-order valence-electron chi connectivity index (χ3n) is 6.35. The van der Waals surface area contributed by atoms with Crippen molar-refractivity contribution < 1.29 is 13.2 Å². The number of thioether (sulfide) groups is 1. The van der Waals surface area contributed by atoms with E-state index in [-0.39, 0.29) is 17.0 Å². The Hall–Kier alpha value is -3.83. The lowest BCUT2D eigenvalue weighted by atomic mass is 10.2. The number of amides is 1. The minimum atomic E-state index is -3.89. The van der Waals surface area contributed by atoms with Crippen molar-refractivity contribution in [2.45, 2.75) is 36.2 Å². The van der Waals surface area contributed by atoms with Crippen molar-refractivity contribution >= 4 is 44.4 Å². The van der Waals surface area contributed by atoms with Gasteiger partial charge in [-0.25, -0.2) is 22.9 Å². The largest absolute Gasteiger partial charge is 0.329 e. The molecule has 0 unspecified atom stereocenters. The van der Waals surface area contributed by atoms with Crippen molar-refractivity contribution in [3.63, 3.8) is 0 Å². The van der Waals surface area contributed by atoms with Crippen LogP contribution in [0.4, 0.5) is 0 Å². The molecule has 38 heavy (non-hydrogen) atoms. The second kappa shape index (κ2) is 10.5. The lowest BCUT2D eigenvalue weighted by Crippen LogP contribution is -2.30. The van der Waals surface area contributed by atoms with Crippen molar-refractivity contribution in [2.24, 2.45) is 7.05 Å². The fourth-order valence-corrected chi connectivity index (χ4v) is 6.49. The molecule has 1 amide bonds. The Morgan fingerprint density at radius 1 is 1.03 bits per heavy atom. The SMILES string of the molecule is Cc1cccc2c1n(Cc1c(SCCCC(=O)NS(=O)(=O)c3ccccc3)nc3ccccn13)c(=O)n2C. The van der Waals surface area contributed by atoms with E-state index in [9.17, 15) is 18.0 Å². The number of nitrogens with one attached hydrogen (secondary N) is 1. The molecule has 0 aliphatic heterocycles. The lowest BCUT2D eigenvalue weighted by molar-refractivity contribution is -0.119. The van der Waals surface area contributed by atoms with Gasteiger partial charge in [0.1, 0.15) is 10.7 Å². The number of carbonyl (C=O) groups is 1. The first-order valence-corrected chi connectivity index (χ1v) is 14.6. The van der Waals surface area contributed by atoms with Crippen LogP contribution >= 0.6 is 11.8 Å². The average Bonchev–Trinajstić information content (AvgIpc) is 3.38. The second-order valence-corrected chi connectivity index (χ2v) is 11.7. The molecule has 0 saturated carbocycles. The molecule has 11 heteroatoms. The molecule has 3 aromatic heterocycles. The van der Waals surface area contributed by atoms with Crippen molar-refractivity contribution in [3.05, 3.63) is 94.7 Å². The standard InChI is InChI=1S/C27H27N5O4S2/c1-19-10-8-13-21-25(19)32(27(34)30(21)2)18-22-26(28-23-14-6-7-16-31(22)23)37-17-9-15-24(33)29-38(35,36)20-11-4-3-5-12-20/h3-8,10-14,16H,9,15,17-18H2,1-2H3,(H,29,33). The number of para-hydroxylation sites is 1. The second-order valence-electron chi connectivity index (χ2n) is 8.96. The van der Waals surface area contributed by atoms with Crippen LogP contribution in [0.5, 0.6) is 0 Å². The van der Waals surface area contributed by atoms with Gasteiger partial charge in [-0.2, -0.15) is 0 Å². The van der Waals surface area contributed by atoms with Gasteiger partial charge >= 0.3 is 5.69 Å². The molecule has 0 radical (unpaired) electrons. The van der Waals surface area contributed by atoms with E-state index in [1.54, 1.807) is 34.4 Å². The van der Waals surface area contributed by atoms with Crippen LogP contribution in [0.25, 0.3) is 16.7 Å². The van der Waals surface area contributed by atoms with Crippen molar-refractivity contribution in [1.29, 1.82) is 0 Å². The van der Waals surface area contributed by atoms with Gasteiger partial charge in [-0.05, 0) is 49.2 Å². The van der Waals surface area contributed by atoms with E-state index in [2.05, 4.69) is 4.72 Å². The molecule has 2 aromatic carbocycles. The van der Waals surface area contributed by atoms with E-state index < -0.39 is 15.9 Å². The van der Waals surface area contributed by atoms with Crippen molar-refractivity contribution in [1.82, 2.24) is 23.2 Å². The summed E-state index contributed by atoms with van der Waals surface area (Å²) in [6.45, 7) is 2.33. The Morgan fingerprint density at radius 3 is 2.58 bits per heavy atom. The summed E-state index contributed by atoms with van der Waals surface area (Å²) in [7, 11) is -2.12. The topological polar surface area (TPSA) is 107 Å². The summed E-state index contributed by atoms with van der Waals surface area (Å²) in [5.74, 6) is 0.00144. The monoisotopic (exact) mass is 549 g/mol. The predicted octanol–water partition coefficient (Wildman–Crippen LogP) is 3.72. The van der Waals surface area contributed by atoms with E-state index in [4.69, 9.17) is 4.98 Å². The van der Waals surface area contributed by atoms with E-state index in [1.807, 2.05) is 53.9 Å². The fraction of sp³-hybridized carbons (Fsp3) is 0.222. The van der Waals surface area contributed by atoms with Crippen LogP contribution in [-0.4, -0.2) is 38.6 Å². The van der Waals surface area contributed by atoms with Gasteiger partial charge in [-0.3, -0.25) is 13.9 Å². The van der Waals surface area contributed by atoms with Gasteiger partial charge in [0.05, 0.1) is 28.2 Å². The number of sulfonamides is 1. The molecule has 0 saturated heterocycles. The molecular formula is C27H27N5O4S2. The van der Waals surface area contributed by atoms with Gasteiger partial charge in [0.25, 0.3) is 10.0 Å². The molecular weight excluding hydrogens is 522 g/mol. The summed E-state index contributed by atoms with van der Waals surface area (Å²) >= 11 is 1.49. The summed E-state index contributed by atoms with van der Waals surface area (Å²) in [5, 5.41) is 0.769. The zero-order valence-electron chi connectivity index (χ0n) is 21.0. The maximum atomic E-state index is 13.2. The Balaban J connectivity index is 1.33. The highest BCUT2D eigenvalue weighted by Crippen LogP contribution is 2.27. The molecule has 0 fully saturated rings. The van der Waals surface area contributed by atoms with Gasteiger partial charge < -0.3 is 4.40 Å². The van der Waals surface area contributed by atoms with Crippen LogP contribution in [0.1, 0.15) is 24.1 Å². The Labute approximate surface area is 224 Å². The molecule has 5 rings (SSSR count). The summed E-state index contributed by atoms with van der Waals surface area (Å²) in [4.78, 5) is 30.3. The number of fused-ring (bicyclic) bond motifs is 2. The van der Waals surface area contributed by atoms with Crippen LogP contribution in [0.15, 0.2) is 87.6 Å². The molecule has 196 valence electrons. The fourth-order valence-electron chi connectivity index (χ4n) is 4.49. The first-order valence-electron chi connectivity index (χ1n) is 12.1. The molecule has 0 atom stereocenters. The Bertz CT molecular complexity index is 1800.